The summed E-state index contributed by atoms with van der Waals surface area (Å²) < 4.78 is 40.4. The Balaban J connectivity index is 2.71. The van der Waals surface area contributed by atoms with Crippen LogP contribution in [-0.2, 0) is 4.79 Å². The highest BCUT2D eigenvalue weighted by molar-refractivity contribution is 5.81. The third-order valence-electron chi connectivity index (χ3n) is 2.44. The van der Waals surface area contributed by atoms with E-state index in [-0.39, 0.29) is 23.9 Å². The lowest BCUT2D eigenvalue weighted by molar-refractivity contribution is -0.274. The van der Waals surface area contributed by atoms with Gasteiger partial charge < -0.3 is 15.0 Å². The summed E-state index contributed by atoms with van der Waals surface area (Å²) in [6.07, 6.45) is -4.76. The fraction of sp³-hybridized carbons (Fsp3) is 0.417. The zero-order chi connectivity index (χ0) is 14.5. The van der Waals surface area contributed by atoms with Gasteiger partial charge in [0.05, 0.1) is 12.2 Å². The highest BCUT2D eigenvalue weighted by atomic mass is 19.4. The Labute approximate surface area is 109 Å². The monoisotopic (exact) mass is 276 g/mol. The molecular formula is C12H15F3N2O2. The molecule has 0 aliphatic rings. The van der Waals surface area contributed by atoms with E-state index in [0.717, 1.165) is 0 Å². The summed E-state index contributed by atoms with van der Waals surface area (Å²) in [5, 5.41) is 2.63. The molecule has 4 nitrogen and oxygen atoms in total. The Morgan fingerprint density at radius 1 is 1.37 bits per heavy atom. The molecule has 0 saturated heterocycles. The van der Waals surface area contributed by atoms with Gasteiger partial charge in [0.1, 0.15) is 0 Å². The third-order valence-corrected chi connectivity index (χ3v) is 2.44. The first-order chi connectivity index (χ1) is 8.83. The van der Waals surface area contributed by atoms with Gasteiger partial charge in [-0.15, -0.1) is 13.2 Å². The van der Waals surface area contributed by atoms with E-state index in [1.54, 1.807) is 20.0 Å². The van der Waals surface area contributed by atoms with Crippen molar-refractivity contribution in [3.63, 3.8) is 0 Å². The van der Waals surface area contributed by atoms with Gasteiger partial charge in [-0.3, -0.25) is 4.79 Å². The molecule has 0 aromatic heterocycles. The first-order valence-corrected chi connectivity index (χ1v) is 5.66. The maximum Gasteiger partial charge on any atom is 0.573 e. The fourth-order valence-corrected chi connectivity index (χ4v) is 1.31. The number of rotatable bonds is 5. The van der Waals surface area contributed by atoms with Crippen molar-refractivity contribution < 1.29 is 22.7 Å². The van der Waals surface area contributed by atoms with Gasteiger partial charge in [0.15, 0.2) is 5.75 Å². The molecule has 0 radical (unpaired) electrons. The number of amides is 1. The Morgan fingerprint density at radius 3 is 2.58 bits per heavy atom. The smallest absolute Gasteiger partial charge is 0.404 e. The molecule has 0 aliphatic carbocycles. The molecule has 1 rings (SSSR count). The van der Waals surface area contributed by atoms with Crippen molar-refractivity contribution in [2.45, 2.75) is 13.3 Å². The molecule has 0 fully saturated rings. The van der Waals surface area contributed by atoms with Crippen LogP contribution in [0.25, 0.3) is 0 Å². The van der Waals surface area contributed by atoms with Gasteiger partial charge in [-0.2, -0.15) is 0 Å². The van der Waals surface area contributed by atoms with E-state index < -0.39 is 6.36 Å². The predicted molar refractivity (Wildman–Crippen MR) is 64.9 cm³/mol. The molecular weight excluding hydrogens is 261 g/mol. The number of nitrogens with zero attached hydrogens (tertiary/aromatic N) is 1. The number of benzene rings is 1. The van der Waals surface area contributed by atoms with E-state index in [4.69, 9.17) is 0 Å². The van der Waals surface area contributed by atoms with Crippen molar-refractivity contribution in [2.75, 3.05) is 25.5 Å². The van der Waals surface area contributed by atoms with Gasteiger partial charge in [0.25, 0.3) is 0 Å². The summed E-state index contributed by atoms with van der Waals surface area (Å²) in [4.78, 5) is 13.0. The number of hydrogen-bond acceptors (Lipinski definition) is 3. The number of ether oxygens (including phenoxy) is 1. The van der Waals surface area contributed by atoms with Gasteiger partial charge >= 0.3 is 6.36 Å². The fourth-order valence-electron chi connectivity index (χ4n) is 1.31. The van der Waals surface area contributed by atoms with Gasteiger partial charge in [0, 0.05) is 13.6 Å². The first kappa shape index (κ1) is 15.1. The standard InChI is InChI=1S/C12H15F3N2O2/c1-3-17(2)11(18)8-16-9-6-4-5-7-10(9)19-12(13,14)15/h4-7,16H,3,8H2,1-2H3. The normalized spacial score (nSPS) is 11.0. The van der Waals surface area contributed by atoms with Gasteiger partial charge in [0.2, 0.25) is 5.91 Å². The molecule has 1 N–H and O–H groups in total. The lowest BCUT2D eigenvalue weighted by atomic mass is 10.3. The number of nitrogens with one attached hydrogen (secondary N) is 1. The summed E-state index contributed by atoms with van der Waals surface area (Å²) >= 11 is 0. The molecule has 1 amide bonds. The second kappa shape index (κ2) is 6.31. The van der Waals surface area contributed by atoms with Crippen molar-refractivity contribution in [3.05, 3.63) is 24.3 Å². The molecule has 1 aromatic carbocycles. The molecule has 7 heteroatoms. The van der Waals surface area contributed by atoms with Crippen LogP contribution in [0.5, 0.6) is 5.75 Å². The van der Waals surface area contributed by atoms with Crippen LogP contribution in [-0.4, -0.2) is 37.3 Å². The molecule has 1 aromatic rings. The zero-order valence-corrected chi connectivity index (χ0v) is 10.6. The summed E-state index contributed by atoms with van der Waals surface area (Å²) in [6.45, 7) is 2.24. The molecule has 0 spiro atoms. The predicted octanol–water partition coefficient (Wildman–Crippen LogP) is 2.48. The van der Waals surface area contributed by atoms with Crippen LogP contribution in [0.3, 0.4) is 0 Å². The maximum atomic E-state index is 12.2. The molecule has 0 heterocycles. The van der Waals surface area contributed by atoms with Gasteiger partial charge in [-0.05, 0) is 19.1 Å². The summed E-state index contributed by atoms with van der Waals surface area (Å²) in [7, 11) is 1.61. The zero-order valence-electron chi connectivity index (χ0n) is 10.6. The lowest BCUT2D eigenvalue weighted by Crippen LogP contribution is -2.32. The van der Waals surface area contributed by atoms with E-state index in [1.807, 2.05) is 0 Å². The second-order valence-electron chi connectivity index (χ2n) is 3.81. The van der Waals surface area contributed by atoms with Crippen molar-refractivity contribution in [3.8, 4) is 5.75 Å². The van der Waals surface area contributed by atoms with Crippen LogP contribution in [0.1, 0.15) is 6.92 Å². The third kappa shape index (κ3) is 5.07. The average Bonchev–Trinajstić information content (AvgIpc) is 2.34. The Bertz CT molecular complexity index is 435. The van der Waals surface area contributed by atoms with E-state index in [1.165, 1.54) is 23.1 Å². The number of hydrogen-bond donors (Lipinski definition) is 1. The van der Waals surface area contributed by atoms with Crippen molar-refractivity contribution in [2.24, 2.45) is 0 Å². The number of halogens is 3. The highest BCUT2D eigenvalue weighted by Gasteiger charge is 2.32. The van der Waals surface area contributed by atoms with Crippen LogP contribution < -0.4 is 10.1 Å². The highest BCUT2D eigenvalue weighted by Crippen LogP contribution is 2.29. The molecule has 0 atom stereocenters. The minimum absolute atomic E-state index is 0.0947. The lowest BCUT2D eigenvalue weighted by Gasteiger charge is -2.17. The number of likely N-dealkylation sites (N-methyl/N-ethyl adjacent to an activating group) is 1. The largest absolute Gasteiger partial charge is 0.573 e. The summed E-state index contributed by atoms with van der Waals surface area (Å²) in [5.74, 6) is -0.578. The Kier molecular flexibility index (Phi) is 5.02. The van der Waals surface area contributed by atoms with Crippen LogP contribution in [0.15, 0.2) is 24.3 Å². The molecule has 0 aliphatic heterocycles. The molecule has 19 heavy (non-hydrogen) atoms. The Morgan fingerprint density at radius 2 is 2.00 bits per heavy atom. The number of anilines is 1. The minimum Gasteiger partial charge on any atom is -0.404 e. The number of carbonyl (C=O) groups is 1. The van der Waals surface area contributed by atoms with Gasteiger partial charge in [-0.1, -0.05) is 12.1 Å². The van der Waals surface area contributed by atoms with Crippen LogP contribution in [0.4, 0.5) is 18.9 Å². The van der Waals surface area contributed by atoms with E-state index in [2.05, 4.69) is 10.1 Å². The van der Waals surface area contributed by atoms with E-state index in [0.29, 0.717) is 6.54 Å². The van der Waals surface area contributed by atoms with Crippen LogP contribution >= 0.6 is 0 Å². The molecule has 0 bridgehead atoms. The second-order valence-corrected chi connectivity index (χ2v) is 3.81. The topological polar surface area (TPSA) is 41.6 Å². The number of carbonyl (C=O) groups excluding carboxylic acids is 1. The van der Waals surface area contributed by atoms with E-state index in [9.17, 15) is 18.0 Å². The summed E-state index contributed by atoms with van der Waals surface area (Å²) in [6, 6.07) is 5.58. The van der Waals surface area contributed by atoms with Crippen LogP contribution in [0.2, 0.25) is 0 Å². The SMILES string of the molecule is CCN(C)C(=O)CNc1ccccc1OC(F)(F)F. The van der Waals surface area contributed by atoms with Crippen LogP contribution in [0, 0.1) is 0 Å². The van der Waals surface area contributed by atoms with Gasteiger partial charge in [-0.25, -0.2) is 0 Å². The maximum absolute atomic E-state index is 12.2. The Hall–Kier alpha value is -1.92. The van der Waals surface area contributed by atoms with Crippen molar-refractivity contribution in [1.29, 1.82) is 0 Å². The molecule has 106 valence electrons. The average molecular weight is 276 g/mol. The van der Waals surface area contributed by atoms with Crippen molar-refractivity contribution >= 4 is 11.6 Å². The quantitative estimate of drug-likeness (QED) is 0.898. The van der Waals surface area contributed by atoms with E-state index >= 15 is 0 Å². The summed E-state index contributed by atoms with van der Waals surface area (Å²) in [5.41, 5.74) is 0.123. The molecule has 0 saturated carbocycles. The number of para-hydroxylation sites is 2. The first-order valence-electron chi connectivity index (χ1n) is 5.66. The molecule has 0 unspecified atom stereocenters. The number of alkyl halides is 3. The minimum atomic E-state index is -4.76. The van der Waals surface area contributed by atoms with Crippen molar-refractivity contribution in [1.82, 2.24) is 4.90 Å².